The number of aromatic nitrogens is 2. The van der Waals surface area contributed by atoms with Crippen molar-refractivity contribution in [1.82, 2.24) is 20.4 Å². The third-order valence-corrected chi connectivity index (χ3v) is 5.13. The highest BCUT2D eigenvalue weighted by Crippen LogP contribution is 2.43. The average molecular weight is 339 g/mol. The van der Waals surface area contributed by atoms with Crippen molar-refractivity contribution in [1.29, 1.82) is 0 Å². The zero-order chi connectivity index (χ0) is 17.5. The normalized spacial score (nSPS) is 16.3. The van der Waals surface area contributed by atoms with E-state index in [0.29, 0.717) is 0 Å². The molecule has 0 radical (unpaired) electrons. The maximum absolute atomic E-state index is 4.36. The molecule has 0 atom stereocenters. The van der Waals surface area contributed by atoms with Crippen molar-refractivity contribution in [2.45, 2.75) is 44.6 Å². The molecule has 25 heavy (non-hydrogen) atoms. The molecule has 1 heterocycles. The fourth-order valence-electron chi connectivity index (χ4n) is 3.47. The lowest BCUT2D eigenvalue weighted by Crippen LogP contribution is -2.49. The van der Waals surface area contributed by atoms with Crippen molar-refractivity contribution in [3.63, 3.8) is 0 Å². The lowest BCUT2D eigenvalue weighted by atomic mass is 9.64. The molecule has 1 aliphatic rings. The summed E-state index contributed by atoms with van der Waals surface area (Å²) in [5.41, 5.74) is 2.92. The lowest BCUT2D eigenvalue weighted by molar-refractivity contribution is 0.244. The monoisotopic (exact) mass is 339 g/mol. The summed E-state index contributed by atoms with van der Waals surface area (Å²) in [6, 6.07) is 10.9. The molecular formula is C20H29N5. The van der Waals surface area contributed by atoms with Crippen LogP contribution in [0.3, 0.4) is 0 Å². The average Bonchev–Trinajstić information content (AvgIpc) is 3.02. The molecular weight excluding hydrogens is 310 g/mol. The first-order chi connectivity index (χ1) is 12.2. The van der Waals surface area contributed by atoms with Gasteiger partial charge < -0.3 is 10.6 Å². The van der Waals surface area contributed by atoms with Crippen LogP contribution in [0.2, 0.25) is 0 Å². The van der Waals surface area contributed by atoms with Gasteiger partial charge in [-0.1, -0.05) is 36.8 Å². The summed E-state index contributed by atoms with van der Waals surface area (Å²) in [5.74, 6) is 0.888. The summed E-state index contributed by atoms with van der Waals surface area (Å²) in [6.07, 6.45) is 8.81. The first-order valence-corrected chi connectivity index (χ1v) is 9.21. The molecule has 0 bridgehead atoms. The predicted octanol–water partition coefficient (Wildman–Crippen LogP) is 2.87. The Hall–Kier alpha value is -2.30. The molecule has 1 aliphatic carbocycles. The summed E-state index contributed by atoms with van der Waals surface area (Å²) in [6.45, 7) is 4.81. The van der Waals surface area contributed by atoms with Crippen LogP contribution in [0.5, 0.6) is 0 Å². The van der Waals surface area contributed by atoms with Crippen LogP contribution in [-0.4, -0.2) is 35.9 Å². The van der Waals surface area contributed by atoms with E-state index >= 15 is 0 Å². The molecule has 5 nitrogen and oxygen atoms in total. The molecule has 0 saturated heterocycles. The van der Waals surface area contributed by atoms with Crippen molar-refractivity contribution in [2.75, 3.05) is 20.1 Å². The van der Waals surface area contributed by atoms with Gasteiger partial charge in [-0.25, -0.2) is 0 Å². The third kappa shape index (κ3) is 4.41. The van der Waals surface area contributed by atoms with E-state index in [1.54, 1.807) is 0 Å². The Labute approximate surface area is 150 Å². The van der Waals surface area contributed by atoms with E-state index in [1.165, 1.54) is 30.4 Å². The zero-order valence-corrected chi connectivity index (χ0v) is 15.3. The predicted molar refractivity (Wildman–Crippen MR) is 103 cm³/mol. The molecule has 0 amide bonds. The maximum atomic E-state index is 4.36. The summed E-state index contributed by atoms with van der Waals surface area (Å²) in [4.78, 5) is 4.36. The number of rotatable bonds is 7. The number of nitrogens with one attached hydrogen (secondary N) is 2. The minimum atomic E-state index is 0.269. The van der Waals surface area contributed by atoms with Gasteiger partial charge in [0, 0.05) is 38.3 Å². The van der Waals surface area contributed by atoms with Crippen molar-refractivity contribution < 1.29 is 0 Å². The SMILES string of the molecule is CN=C(NCCCn1cc(C)cn1)NCC1(c2ccccc2)CCC1. The summed E-state index contributed by atoms with van der Waals surface area (Å²) >= 11 is 0. The van der Waals surface area contributed by atoms with Crippen LogP contribution >= 0.6 is 0 Å². The summed E-state index contributed by atoms with van der Waals surface area (Å²) < 4.78 is 1.99. The van der Waals surface area contributed by atoms with Gasteiger partial charge >= 0.3 is 0 Å². The number of hydrogen-bond acceptors (Lipinski definition) is 2. The van der Waals surface area contributed by atoms with Gasteiger partial charge in [-0.05, 0) is 37.3 Å². The second-order valence-corrected chi connectivity index (χ2v) is 6.99. The van der Waals surface area contributed by atoms with Crippen LogP contribution in [0.15, 0.2) is 47.7 Å². The van der Waals surface area contributed by atoms with Gasteiger partial charge in [0.15, 0.2) is 5.96 Å². The lowest BCUT2D eigenvalue weighted by Gasteiger charge is -2.43. The van der Waals surface area contributed by atoms with E-state index in [0.717, 1.165) is 32.0 Å². The highest BCUT2D eigenvalue weighted by atomic mass is 15.3. The van der Waals surface area contributed by atoms with Gasteiger partial charge in [-0.3, -0.25) is 9.67 Å². The van der Waals surface area contributed by atoms with Gasteiger partial charge in [0.2, 0.25) is 0 Å². The van der Waals surface area contributed by atoms with Gasteiger partial charge in [-0.2, -0.15) is 5.10 Å². The molecule has 1 fully saturated rings. The Morgan fingerprint density at radius 1 is 1.24 bits per heavy atom. The smallest absolute Gasteiger partial charge is 0.191 e. The molecule has 1 aromatic carbocycles. The molecule has 0 unspecified atom stereocenters. The Bertz CT molecular complexity index is 685. The second-order valence-electron chi connectivity index (χ2n) is 6.99. The Morgan fingerprint density at radius 3 is 2.64 bits per heavy atom. The van der Waals surface area contributed by atoms with Gasteiger partial charge in [0.25, 0.3) is 0 Å². The fraction of sp³-hybridized carbons (Fsp3) is 0.500. The second kappa shape index (κ2) is 8.19. The maximum Gasteiger partial charge on any atom is 0.191 e. The first kappa shape index (κ1) is 17.5. The largest absolute Gasteiger partial charge is 0.356 e. The summed E-state index contributed by atoms with van der Waals surface area (Å²) in [5, 5.41) is 11.3. The van der Waals surface area contributed by atoms with Crippen LogP contribution in [-0.2, 0) is 12.0 Å². The number of aliphatic imine (C=N–C) groups is 1. The Morgan fingerprint density at radius 2 is 2.04 bits per heavy atom. The molecule has 1 saturated carbocycles. The highest BCUT2D eigenvalue weighted by Gasteiger charge is 2.38. The Balaban J connectivity index is 1.44. The molecule has 5 heteroatoms. The molecule has 2 aromatic rings. The molecule has 0 spiro atoms. The van der Waals surface area contributed by atoms with E-state index in [2.05, 4.69) is 64.2 Å². The standard InChI is InChI=1S/C20H29N5/c1-17-14-24-25(15-17)13-7-12-22-19(21-2)23-16-20(10-6-11-20)18-8-4-3-5-9-18/h3-5,8-9,14-15H,6-7,10-13,16H2,1-2H3,(H2,21,22,23). The van der Waals surface area contributed by atoms with Gasteiger partial charge in [0.1, 0.15) is 0 Å². The molecule has 2 N–H and O–H groups in total. The Kier molecular flexibility index (Phi) is 5.74. The van der Waals surface area contributed by atoms with Crippen LogP contribution < -0.4 is 10.6 Å². The zero-order valence-electron chi connectivity index (χ0n) is 15.3. The number of guanidine groups is 1. The summed E-state index contributed by atoms with van der Waals surface area (Å²) in [7, 11) is 1.84. The van der Waals surface area contributed by atoms with E-state index < -0.39 is 0 Å². The van der Waals surface area contributed by atoms with Gasteiger partial charge in [0.05, 0.1) is 6.20 Å². The minimum absolute atomic E-state index is 0.269. The molecule has 134 valence electrons. The fourth-order valence-corrected chi connectivity index (χ4v) is 3.47. The van der Waals surface area contributed by atoms with Crippen molar-refractivity contribution in [3.05, 3.63) is 53.9 Å². The van der Waals surface area contributed by atoms with E-state index in [1.807, 2.05) is 17.9 Å². The number of aryl methyl sites for hydroxylation is 2. The first-order valence-electron chi connectivity index (χ1n) is 9.21. The van der Waals surface area contributed by atoms with Crippen LogP contribution in [0.1, 0.15) is 36.8 Å². The topological polar surface area (TPSA) is 54.2 Å². The third-order valence-electron chi connectivity index (χ3n) is 5.13. The number of hydrogen-bond donors (Lipinski definition) is 2. The molecule has 3 rings (SSSR count). The number of benzene rings is 1. The minimum Gasteiger partial charge on any atom is -0.356 e. The molecule has 1 aromatic heterocycles. The van der Waals surface area contributed by atoms with E-state index in [9.17, 15) is 0 Å². The van der Waals surface area contributed by atoms with Crippen molar-refractivity contribution >= 4 is 5.96 Å². The molecule has 0 aliphatic heterocycles. The number of nitrogens with zero attached hydrogens (tertiary/aromatic N) is 3. The van der Waals surface area contributed by atoms with Crippen molar-refractivity contribution in [3.8, 4) is 0 Å². The van der Waals surface area contributed by atoms with Crippen LogP contribution in [0, 0.1) is 6.92 Å². The van der Waals surface area contributed by atoms with Crippen LogP contribution in [0.4, 0.5) is 0 Å². The quantitative estimate of drug-likeness (QED) is 0.463. The van der Waals surface area contributed by atoms with Crippen LogP contribution in [0.25, 0.3) is 0 Å². The highest BCUT2D eigenvalue weighted by molar-refractivity contribution is 5.79. The van der Waals surface area contributed by atoms with E-state index in [4.69, 9.17) is 0 Å². The van der Waals surface area contributed by atoms with Gasteiger partial charge in [-0.15, -0.1) is 0 Å². The van der Waals surface area contributed by atoms with E-state index in [-0.39, 0.29) is 5.41 Å². The van der Waals surface area contributed by atoms with Crippen molar-refractivity contribution in [2.24, 2.45) is 4.99 Å².